The van der Waals surface area contributed by atoms with Crippen molar-refractivity contribution >= 4 is 11.6 Å². The van der Waals surface area contributed by atoms with Crippen LogP contribution in [0.5, 0.6) is 0 Å². The lowest BCUT2D eigenvalue weighted by Crippen LogP contribution is -2.26. The topological polar surface area (TPSA) is 29.3 Å². The predicted molar refractivity (Wildman–Crippen MR) is 86.9 cm³/mol. The highest BCUT2D eigenvalue weighted by atomic mass is 35.5. The van der Waals surface area contributed by atoms with Gasteiger partial charge in [-0.05, 0) is 49.8 Å². The number of halogens is 1. The van der Waals surface area contributed by atoms with Crippen molar-refractivity contribution in [2.24, 2.45) is 0 Å². The summed E-state index contributed by atoms with van der Waals surface area (Å²) in [6.07, 6.45) is 7.29. The molecule has 1 aromatic heterocycles. The molecule has 116 valence electrons. The summed E-state index contributed by atoms with van der Waals surface area (Å²) in [4.78, 5) is 2.54. The van der Waals surface area contributed by atoms with Gasteiger partial charge in [0.25, 0.3) is 0 Å². The summed E-state index contributed by atoms with van der Waals surface area (Å²) in [5.41, 5.74) is 3.86. The molecule has 1 fully saturated rings. The highest BCUT2D eigenvalue weighted by molar-refractivity contribution is 6.30. The quantitative estimate of drug-likeness (QED) is 0.820. The van der Waals surface area contributed by atoms with Gasteiger partial charge >= 0.3 is 0 Å². The van der Waals surface area contributed by atoms with Crippen molar-refractivity contribution in [1.29, 1.82) is 0 Å². The Bertz CT molecular complexity index is 646. The summed E-state index contributed by atoms with van der Waals surface area (Å²) in [7, 11) is 0. The van der Waals surface area contributed by atoms with Crippen LogP contribution in [0.25, 0.3) is 0 Å². The Balaban J connectivity index is 1.50. The Morgan fingerprint density at radius 3 is 2.64 bits per heavy atom. The van der Waals surface area contributed by atoms with Gasteiger partial charge in [-0.15, -0.1) is 0 Å². The number of aryl methyl sites for hydroxylation is 1. The first kappa shape index (κ1) is 14.3. The minimum Gasteiger partial charge on any atom is -0.361 e. The van der Waals surface area contributed by atoms with E-state index in [-0.39, 0.29) is 0 Å². The Morgan fingerprint density at radius 2 is 1.86 bits per heavy atom. The predicted octanol–water partition coefficient (Wildman–Crippen LogP) is 4.37. The second-order valence-electron chi connectivity index (χ2n) is 6.50. The van der Waals surface area contributed by atoms with Crippen molar-refractivity contribution in [2.45, 2.75) is 57.7 Å². The first-order valence-corrected chi connectivity index (χ1v) is 8.62. The molecule has 1 heterocycles. The van der Waals surface area contributed by atoms with Gasteiger partial charge in [-0.1, -0.05) is 28.9 Å². The number of hydrogen-bond acceptors (Lipinski definition) is 3. The van der Waals surface area contributed by atoms with Gasteiger partial charge in [0.05, 0.1) is 0 Å². The van der Waals surface area contributed by atoms with Crippen LogP contribution < -0.4 is 0 Å². The van der Waals surface area contributed by atoms with Crippen LogP contribution >= 0.6 is 11.6 Å². The maximum absolute atomic E-state index is 5.98. The van der Waals surface area contributed by atoms with Crippen molar-refractivity contribution < 1.29 is 4.52 Å². The molecule has 0 atom stereocenters. The molecule has 1 saturated carbocycles. The summed E-state index contributed by atoms with van der Waals surface area (Å²) in [6.45, 7) is 1.87. The minimum atomic E-state index is 0.701. The molecule has 2 aromatic rings. The average Bonchev–Trinajstić information content (AvgIpc) is 3.31. The zero-order chi connectivity index (χ0) is 14.9. The van der Waals surface area contributed by atoms with Gasteiger partial charge in [0.2, 0.25) is 0 Å². The molecule has 4 rings (SSSR count). The highest BCUT2D eigenvalue weighted by Crippen LogP contribution is 2.32. The number of rotatable bonds is 5. The highest BCUT2D eigenvalue weighted by Gasteiger charge is 2.31. The molecule has 0 amide bonds. The van der Waals surface area contributed by atoms with E-state index in [1.165, 1.54) is 36.8 Å². The summed E-state index contributed by atoms with van der Waals surface area (Å²) < 4.78 is 5.56. The van der Waals surface area contributed by atoms with Crippen molar-refractivity contribution in [3.63, 3.8) is 0 Å². The number of benzene rings is 1. The van der Waals surface area contributed by atoms with E-state index in [1.54, 1.807) is 0 Å². The van der Waals surface area contributed by atoms with Crippen LogP contribution in [0.2, 0.25) is 5.02 Å². The van der Waals surface area contributed by atoms with Crippen molar-refractivity contribution in [1.82, 2.24) is 10.1 Å². The molecule has 2 aliphatic rings. The molecule has 0 bridgehead atoms. The zero-order valence-electron chi connectivity index (χ0n) is 12.7. The average molecular weight is 317 g/mol. The first-order chi connectivity index (χ1) is 10.8. The summed E-state index contributed by atoms with van der Waals surface area (Å²) in [5.74, 6) is 1.13. The molecule has 0 radical (unpaired) electrons. The van der Waals surface area contributed by atoms with Crippen LogP contribution in [0.3, 0.4) is 0 Å². The number of nitrogens with zero attached hydrogens (tertiary/aromatic N) is 2. The fourth-order valence-electron chi connectivity index (χ4n) is 3.34. The largest absolute Gasteiger partial charge is 0.361 e. The summed E-state index contributed by atoms with van der Waals surface area (Å²) in [6, 6.07) is 8.89. The number of aromatic nitrogens is 1. The fraction of sp³-hybridized carbons (Fsp3) is 0.500. The molecule has 0 aliphatic heterocycles. The van der Waals surface area contributed by atoms with Crippen LogP contribution in [-0.2, 0) is 25.9 Å². The second-order valence-corrected chi connectivity index (χ2v) is 6.94. The molecule has 2 aliphatic carbocycles. The first-order valence-electron chi connectivity index (χ1n) is 8.24. The van der Waals surface area contributed by atoms with Gasteiger partial charge in [0.1, 0.15) is 11.5 Å². The Kier molecular flexibility index (Phi) is 3.93. The molecule has 0 spiro atoms. The SMILES string of the molecule is Clc1ccc(CN(Cc2noc3c2CCCC3)C2CC2)cc1. The van der Waals surface area contributed by atoms with E-state index in [0.717, 1.165) is 42.4 Å². The maximum atomic E-state index is 5.98. The van der Waals surface area contributed by atoms with Gasteiger partial charge in [-0.3, -0.25) is 4.90 Å². The van der Waals surface area contributed by atoms with E-state index in [9.17, 15) is 0 Å². The molecular weight excluding hydrogens is 296 g/mol. The van der Waals surface area contributed by atoms with Crippen molar-refractivity contribution in [3.05, 3.63) is 51.9 Å². The minimum absolute atomic E-state index is 0.701. The smallest absolute Gasteiger partial charge is 0.140 e. The number of fused-ring (bicyclic) bond motifs is 1. The van der Waals surface area contributed by atoms with Crippen LogP contribution in [-0.4, -0.2) is 16.1 Å². The molecule has 0 N–H and O–H groups in total. The lowest BCUT2D eigenvalue weighted by atomic mass is 9.96. The second kappa shape index (κ2) is 6.05. The Hall–Kier alpha value is -1.32. The van der Waals surface area contributed by atoms with E-state index in [0.29, 0.717) is 6.04 Å². The van der Waals surface area contributed by atoms with Crippen molar-refractivity contribution in [3.8, 4) is 0 Å². The van der Waals surface area contributed by atoms with Crippen LogP contribution in [0, 0.1) is 0 Å². The van der Waals surface area contributed by atoms with Gasteiger partial charge in [-0.2, -0.15) is 0 Å². The maximum Gasteiger partial charge on any atom is 0.140 e. The van der Waals surface area contributed by atoms with E-state index < -0.39 is 0 Å². The standard InChI is InChI=1S/C18H21ClN2O/c19-14-7-5-13(6-8-14)11-21(15-9-10-15)12-17-16-3-1-2-4-18(16)22-20-17/h5-8,15H,1-4,9-12H2. The Morgan fingerprint density at radius 1 is 1.09 bits per heavy atom. The molecule has 1 aromatic carbocycles. The lowest BCUT2D eigenvalue weighted by Gasteiger charge is -2.22. The van der Waals surface area contributed by atoms with E-state index in [4.69, 9.17) is 16.1 Å². The Labute approximate surface area is 136 Å². The lowest BCUT2D eigenvalue weighted by molar-refractivity contribution is 0.236. The van der Waals surface area contributed by atoms with Crippen LogP contribution in [0.4, 0.5) is 0 Å². The fourth-order valence-corrected chi connectivity index (χ4v) is 3.47. The third-order valence-electron chi connectivity index (χ3n) is 4.75. The number of hydrogen-bond donors (Lipinski definition) is 0. The van der Waals surface area contributed by atoms with Gasteiger partial charge in [-0.25, -0.2) is 0 Å². The molecule has 3 nitrogen and oxygen atoms in total. The normalized spacial score (nSPS) is 17.7. The molecular formula is C18H21ClN2O. The van der Waals surface area contributed by atoms with E-state index in [1.807, 2.05) is 12.1 Å². The third-order valence-corrected chi connectivity index (χ3v) is 5.00. The molecule has 0 saturated heterocycles. The van der Waals surface area contributed by atoms with E-state index >= 15 is 0 Å². The third kappa shape index (κ3) is 3.06. The van der Waals surface area contributed by atoms with E-state index in [2.05, 4.69) is 22.2 Å². The molecule has 0 unspecified atom stereocenters. The molecule has 22 heavy (non-hydrogen) atoms. The van der Waals surface area contributed by atoms with Crippen molar-refractivity contribution in [2.75, 3.05) is 0 Å². The van der Waals surface area contributed by atoms with Gasteiger partial charge in [0.15, 0.2) is 0 Å². The van der Waals surface area contributed by atoms with Crippen LogP contribution in [0.15, 0.2) is 28.8 Å². The van der Waals surface area contributed by atoms with Gasteiger partial charge in [0, 0.05) is 36.1 Å². The van der Waals surface area contributed by atoms with Gasteiger partial charge < -0.3 is 4.52 Å². The molecule has 4 heteroatoms. The van der Waals surface area contributed by atoms with Crippen LogP contribution in [0.1, 0.15) is 48.3 Å². The monoisotopic (exact) mass is 316 g/mol. The zero-order valence-corrected chi connectivity index (χ0v) is 13.5. The summed E-state index contributed by atoms with van der Waals surface area (Å²) in [5, 5.41) is 5.16. The summed E-state index contributed by atoms with van der Waals surface area (Å²) >= 11 is 5.98.